The highest BCUT2D eigenvalue weighted by molar-refractivity contribution is 5.98. The van der Waals surface area contributed by atoms with Crippen molar-refractivity contribution in [3.63, 3.8) is 0 Å². The summed E-state index contributed by atoms with van der Waals surface area (Å²) in [5, 5.41) is 5.89. The molecule has 2 heterocycles. The number of carbonyl (C=O) groups is 3. The molecule has 1 aromatic heterocycles. The van der Waals surface area contributed by atoms with Gasteiger partial charge in [-0.2, -0.15) is 0 Å². The van der Waals surface area contributed by atoms with Crippen molar-refractivity contribution in [3.8, 4) is 11.3 Å². The first-order valence-electron chi connectivity index (χ1n) is 12.9. The van der Waals surface area contributed by atoms with Crippen molar-refractivity contribution in [3.05, 3.63) is 77.6 Å². The van der Waals surface area contributed by atoms with Gasteiger partial charge in [-0.1, -0.05) is 42.5 Å². The largest absolute Gasteiger partial charge is 0.444 e. The zero-order chi connectivity index (χ0) is 28.2. The highest BCUT2D eigenvalue weighted by atomic mass is 16.6. The standard InChI is InChI=1S/C29H34N6O4/c1-18(19-9-6-5-7-10-19)32-26(36)21-12-8-11-20(15-21)23-16-31-25(30)24(34-23)27(37)33-22-13-14-35(17-22)28(38)39-29(2,3)4/h5-12,15-16,18,22H,13-14,17H2,1-4H3,(H2,30,31)(H,32,36)(H,33,37)/t18-,22+/m1/s1. The van der Waals surface area contributed by atoms with Crippen LogP contribution in [-0.2, 0) is 4.74 Å². The van der Waals surface area contributed by atoms with Gasteiger partial charge in [0.25, 0.3) is 11.8 Å². The van der Waals surface area contributed by atoms with E-state index in [2.05, 4.69) is 20.6 Å². The van der Waals surface area contributed by atoms with E-state index < -0.39 is 17.6 Å². The number of ether oxygens (including phenoxy) is 1. The Morgan fingerprint density at radius 2 is 1.82 bits per heavy atom. The molecule has 0 bridgehead atoms. The molecule has 39 heavy (non-hydrogen) atoms. The number of anilines is 1. The number of rotatable bonds is 6. The molecule has 1 aliphatic heterocycles. The molecule has 3 amide bonds. The molecule has 0 spiro atoms. The van der Waals surface area contributed by atoms with E-state index in [0.717, 1.165) is 5.56 Å². The average molecular weight is 531 g/mol. The Labute approximate surface area is 228 Å². The third-order valence-electron chi connectivity index (χ3n) is 6.26. The Balaban J connectivity index is 1.44. The Morgan fingerprint density at radius 1 is 1.08 bits per heavy atom. The van der Waals surface area contributed by atoms with Crippen LogP contribution in [0.2, 0.25) is 0 Å². The molecule has 1 fully saturated rings. The lowest BCUT2D eigenvalue weighted by atomic mass is 10.1. The molecule has 4 N–H and O–H groups in total. The van der Waals surface area contributed by atoms with Gasteiger partial charge in [0.2, 0.25) is 0 Å². The summed E-state index contributed by atoms with van der Waals surface area (Å²) in [7, 11) is 0. The predicted molar refractivity (Wildman–Crippen MR) is 148 cm³/mol. The van der Waals surface area contributed by atoms with Crippen molar-refractivity contribution < 1.29 is 19.1 Å². The number of nitrogen functional groups attached to an aromatic ring is 1. The monoisotopic (exact) mass is 530 g/mol. The van der Waals surface area contributed by atoms with Gasteiger partial charge in [0, 0.05) is 30.3 Å². The molecule has 3 aromatic rings. The van der Waals surface area contributed by atoms with Crippen molar-refractivity contribution in [2.75, 3.05) is 18.8 Å². The second kappa shape index (κ2) is 11.5. The summed E-state index contributed by atoms with van der Waals surface area (Å²) in [6.07, 6.45) is 1.63. The number of hydrogen-bond donors (Lipinski definition) is 3. The molecule has 4 rings (SSSR count). The lowest BCUT2D eigenvalue weighted by Crippen LogP contribution is -2.40. The van der Waals surface area contributed by atoms with E-state index >= 15 is 0 Å². The Bertz CT molecular complexity index is 1360. The molecule has 2 atom stereocenters. The maximum absolute atomic E-state index is 13.0. The van der Waals surface area contributed by atoms with Gasteiger partial charge in [-0.15, -0.1) is 0 Å². The quantitative estimate of drug-likeness (QED) is 0.438. The Hall–Kier alpha value is -4.47. The van der Waals surface area contributed by atoms with Crippen LogP contribution < -0.4 is 16.4 Å². The summed E-state index contributed by atoms with van der Waals surface area (Å²) >= 11 is 0. The van der Waals surface area contributed by atoms with Crippen LogP contribution in [0.4, 0.5) is 10.6 Å². The first-order valence-corrected chi connectivity index (χ1v) is 12.9. The lowest BCUT2D eigenvalue weighted by molar-refractivity contribution is 0.0289. The summed E-state index contributed by atoms with van der Waals surface area (Å²) < 4.78 is 5.42. The van der Waals surface area contributed by atoms with E-state index in [9.17, 15) is 14.4 Å². The SMILES string of the molecule is C[C@@H](NC(=O)c1cccc(-c2cnc(N)c(C(=O)N[C@H]3CCN(C(=O)OC(C)(C)C)C3)n2)c1)c1ccccc1. The number of carbonyl (C=O) groups excluding carboxylic acids is 3. The number of aromatic nitrogens is 2. The highest BCUT2D eigenvalue weighted by Crippen LogP contribution is 2.22. The van der Waals surface area contributed by atoms with Crippen LogP contribution in [0.15, 0.2) is 60.8 Å². The van der Waals surface area contributed by atoms with Crippen molar-refractivity contribution in [1.29, 1.82) is 0 Å². The van der Waals surface area contributed by atoms with Crippen molar-refractivity contribution in [1.82, 2.24) is 25.5 Å². The van der Waals surface area contributed by atoms with Crippen LogP contribution >= 0.6 is 0 Å². The fourth-order valence-corrected chi connectivity index (χ4v) is 4.25. The molecule has 204 valence electrons. The van der Waals surface area contributed by atoms with Gasteiger partial charge in [-0.3, -0.25) is 9.59 Å². The number of likely N-dealkylation sites (tertiary alicyclic amines) is 1. The van der Waals surface area contributed by atoms with Gasteiger partial charge >= 0.3 is 6.09 Å². The van der Waals surface area contributed by atoms with Crippen LogP contribution in [0.1, 0.15) is 66.6 Å². The number of nitrogens with one attached hydrogen (secondary N) is 2. The summed E-state index contributed by atoms with van der Waals surface area (Å²) in [5.74, 6) is -0.724. The second-order valence-corrected chi connectivity index (χ2v) is 10.6. The number of hydrogen-bond acceptors (Lipinski definition) is 7. The third-order valence-corrected chi connectivity index (χ3v) is 6.26. The molecule has 10 heteroatoms. The van der Waals surface area contributed by atoms with Crippen LogP contribution in [-0.4, -0.2) is 57.5 Å². The Morgan fingerprint density at radius 3 is 2.54 bits per heavy atom. The van der Waals surface area contributed by atoms with Crippen LogP contribution in [0.5, 0.6) is 0 Å². The van der Waals surface area contributed by atoms with Gasteiger partial charge in [0.15, 0.2) is 11.5 Å². The number of nitrogens with two attached hydrogens (primary N) is 1. The summed E-state index contributed by atoms with van der Waals surface area (Å²) in [6, 6.07) is 16.2. The number of benzene rings is 2. The minimum absolute atomic E-state index is 0.0103. The summed E-state index contributed by atoms with van der Waals surface area (Å²) in [4.78, 5) is 48.5. The number of amides is 3. The van der Waals surface area contributed by atoms with Gasteiger partial charge < -0.3 is 26.0 Å². The first kappa shape index (κ1) is 27.6. The fraction of sp³-hybridized carbons (Fsp3) is 0.345. The molecule has 1 saturated heterocycles. The first-order chi connectivity index (χ1) is 18.5. The van der Waals surface area contributed by atoms with E-state index in [1.54, 1.807) is 29.2 Å². The molecule has 0 aliphatic carbocycles. The highest BCUT2D eigenvalue weighted by Gasteiger charge is 2.31. The molecule has 0 radical (unpaired) electrons. The molecule has 0 saturated carbocycles. The van der Waals surface area contributed by atoms with Crippen molar-refractivity contribution in [2.24, 2.45) is 0 Å². The van der Waals surface area contributed by atoms with Gasteiger partial charge in [0.05, 0.1) is 17.9 Å². The second-order valence-electron chi connectivity index (χ2n) is 10.6. The average Bonchev–Trinajstić information content (AvgIpc) is 3.37. The Kier molecular flexibility index (Phi) is 8.13. The summed E-state index contributed by atoms with van der Waals surface area (Å²) in [5.41, 5.74) is 7.85. The van der Waals surface area contributed by atoms with Crippen LogP contribution in [0, 0.1) is 0 Å². The zero-order valence-electron chi connectivity index (χ0n) is 22.6. The minimum atomic E-state index is -0.596. The van der Waals surface area contributed by atoms with E-state index in [1.165, 1.54) is 6.20 Å². The van der Waals surface area contributed by atoms with Crippen molar-refractivity contribution in [2.45, 2.75) is 51.8 Å². The van der Waals surface area contributed by atoms with E-state index in [1.807, 2.05) is 58.0 Å². The molecular formula is C29H34N6O4. The van der Waals surface area contributed by atoms with E-state index in [-0.39, 0.29) is 29.5 Å². The van der Waals surface area contributed by atoms with E-state index in [4.69, 9.17) is 10.5 Å². The predicted octanol–water partition coefficient (Wildman–Crippen LogP) is 3.96. The van der Waals surface area contributed by atoms with Gasteiger partial charge in [-0.05, 0) is 51.8 Å². The van der Waals surface area contributed by atoms with Gasteiger partial charge in [-0.25, -0.2) is 14.8 Å². The normalized spacial score (nSPS) is 15.9. The van der Waals surface area contributed by atoms with Crippen LogP contribution in [0.3, 0.4) is 0 Å². The zero-order valence-corrected chi connectivity index (χ0v) is 22.6. The maximum atomic E-state index is 13.0. The molecule has 2 aromatic carbocycles. The van der Waals surface area contributed by atoms with Gasteiger partial charge in [0.1, 0.15) is 5.60 Å². The molecule has 10 nitrogen and oxygen atoms in total. The smallest absolute Gasteiger partial charge is 0.410 e. The topological polar surface area (TPSA) is 140 Å². The summed E-state index contributed by atoms with van der Waals surface area (Å²) in [6.45, 7) is 8.14. The van der Waals surface area contributed by atoms with Crippen LogP contribution in [0.25, 0.3) is 11.3 Å². The fourth-order valence-electron chi connectivity index (χ4n) is 4.25. The lowest BCUT2D eigenvalue weighted by Gasteiger charge is -2.24. The minimum Gasteiger partial charge on any atom is -0.444 e. The molecule has 0 unspecified atom stereocenters. The molecule has 1 aliphatic rings. The van der Waals surface area contributed by atoms with Crippen molar-refractivity contribution >= 4 is 23.7 Å². The third kappa shape index (κ3) is 7.10. The number of nitrogens with zero attached hydrogens (tertiary/aromatic N) is 3. The maximum Gasteiger partial charge on any atom is 0.410 e. The molecular weight excluding hydrogens is 496 g/mol. The van der Waals surface area contributed by atoms with E-state index in [0.29, 0.717) is 36.3 Å².